The predicted octanol–water partition coefficient (Wildman–Crippen LogP) is 0.964. The quantitative estimate of drug-likeness (QED) is 0.183. The molecule has 5 heterocycles. The first kappa shape index (κ1) is 55.5. The number of cyclic esters (lactones) is 1. The van der Waals surface area contributed by atoms with E-state index in [-0.39, 0.29) is 43.7 Å². The first-order valence-corrected chi connectivity index (χ1v) is 24.3. The number of hydrogen-bond donors (Lipinski definition) is 5. The van der Waals surface area contributed by atoms with Crippen LogP contribution in [0, 0.1) is 17.8 Å². The van der Waals surface area contributed by atoms with Crippen LogP contribution in [0.15, 0.2) is 6.20 Å². The maximum absolute atomic E-state index is 14.4. The SMILES string of the molecule is CC[C@H]1OC(=O)[C@H](C)[C@@H](O[C@H]2C[C@@](C)(OC)[C@@H](O)[C@H](C)O2)[C@H](C)[C@@H](O[C@@H]2O[C@H](C)C[C@H](N(C)CCc3cn(CC(=O)N4CCOCC4)nn3)[C@H]2O)[C@](C)(O)C[C@@H](C)CN(C)[C@H](C)[C@@H](O)[C@]1(C)O. The fourth-order valence-electron chi connectivity index (χ4n) is 10.7. The summed E-state index contributed by atoms with van der Waals surface area (Å²) in [5.41, 5.74) is -3.85. The average molecular weight is 957 g/mol. The van der Waals surface area contributed by atoms with E-state index in [9.17, 15) is 35.1 Å². The summed E-state index contributed by atoms with van der Waals surface area (Å²) in [7, 11) is 5.24. The standard InChI is InChI=1S/C47H84N6O14/c1-14-35-47(10,60)40(56)31(6)51(12)24-27(2)22-45(8,59)42(29(4)39(30(5)43(58)65-35)66-37-23-46(9,61-13)41(57)32(7)64-37)67-44-38(55)34(21-28(3)63-44)50(11)16-15-33-25-53(49-48-33)26-36(54)52-17-19-62-20-18-52/h25,27-32,34-35,37-42,44,55-57,59-60H,14-24,26H2,1-13H3/t27-,28-,29+,30-,31-,32+,34+,35-,37+,38-,39+,40-,41+,42-,44+,45-,46-,47-/m1/s1. The topological polar surface area (TPSA) is 240 Å². The van der Waals surface area contributed by atoms with Crippen LogP contribution in [0.1, 0.15) is 101 Å². The molecule has 1 aromatic heterocycles. The van der Waals surface area contributed by atoms with Crippen molar-refractivity contribution in [2.24, 2.45) is 17.8 Å². The van der Waals surface area contributed by atoms with Crippen LogP contribution in [0.25, 0.3) is 0 Å². The lowest BCUT2D eigenvalue weighted by Crippen LogP contribution is -2.61. The van der Waals surface area contributed by atoms with E-state index in [1.54, 1.807) is 52.6 Å². The van der Waals surface area contributed by atoms with Crippen molar-refractivity contribution < 1.29 is 68.3 Å². The number of morpholine rings is 1. The predicted molar refractivity (Wildman–Crippen MR) is 244 cm³/mol. The van der Waals surface area contributed by atoms with Crippen molar-refractivity contribution in [3.63, 3.8) is 0 Å². The zero-order valence-electron chi connectivity index (χ0n) is 42.3. The molecular weight excluding hydrogens is 873 g/mol. The summed E-state index contributed by atoms with van der Waals surface area (Å²) in [6, 6.07) is -1.02. The Morgan fingerprint density at radius 2 is 1.66 bits per heavy atom. The Morgan fingerprint density at radius 3 is 2.30 bits per heavy atom. The first-order chi connectivity index (χ1) is 31.3. The van der Waals surface area contributed by atoms with Crippen molar-refractivity contribution in [3.05, 3.63) is 11.9 Å². The highest BCUT2D eigenvalue weighted by Crippen LogP contribution is 2.40. The van der Waals surface area contributed by atoms with Gasteiger partial charge in [-0.3, -0.25) is 9.59 Å². The summed E-state index contributed by atoms with van der Waals surface area (Å²) in [6.07, 6.45) is -6.88. The van der Waals surface area contributed by atoms with Gasteiger partial charge in [0.05, 0.1) is 60.4 Å². The van der Waals surface area contributed by atoms with Crippen molar-refractivity contribution in [1.29, 1.82) is 0 Å². The molecule has 5 N–H and O–H groups in total. The van der Waals surface area contributed by atoms with Crippen LogP contribution in [0.2, 0.25) is 0 Å². The van der Waals surface area contributed by atoms with E-state index in [0.717, 1.165) is 0 Å². The summed E-state index contributed by atoms with van der Waals surface area (Å²) in [5.74, 6) is -2.85. The summed E-state index contributed by atoms with van der Waals surface area (Å²) in [6.45, 7) is 20.6. The Labute approximate surface area is 397 Å². The number of hydrogen-bond acceptors (Lipinski definition) is 18. The highest BCUT2D eigenvalue weighted by atomic mass is 16.7. The number of ether oxygens (including phenoxy) is 7. The van der Waals surface area contributed by atoms with Gasteiger partial charge < -0.3 is 73.4 Å². The maximum atomic E-state index is 14.4. The van der Waals surface area contributed by atoms with Crippen LogP contribution < -0.4 is 0 Å². The number of aliphatic hydroxyl groups is 5. The van der Waals surface area contributed by atoms with Crippen LogP contribution in [-0.4, -0.2) is 218 Å². The Hall–Kier alpha value is -2.44. The number of nitrogens with zero attached hydrogens (tertiary/aromatic N) is 6. The summed E-state index contributed by atoms with van der Waals surface area (Å²) in [4.78, 5) is 33.0. The normalized spacial score (nSPS) is 42.5. The number of methoxy groups -OCH3 is 1. The molecule has 0 aliphatic carbocycles. The molecule has 0 unspecified atom stereocenters. The van der Waals surface area contributed by atoms with E-state index >= 15 is 0 Å². The number of aromatic nitrogens is 3. The number of likely N-dealkylation sites (N-methyl/N-ethyl adjacent to an activating group) is 2. The molecule has 1 aromatic rings. The minimum Gasteiger partial charge on any atom is -0.459 e. The van der Waals surface area contributed by atoms with Crippen molar-refractivity contribution in [1.82, 2.24) is 29.7 Å². The zero-order valence-corrected chi connectivity index (χ0v) is 42.3. The third kappa shape index (κ3) is 13.3. The summed E-state index contributed by atoms with van der Waals surface area (Å²) >= 11 is 0. The van der Waals surface area contributed by atoms with Crippen molar-refractivity contribution in [3.8, 4) is 0 Å². The van der Waals surface area contributed by atoms with Gasteiger partial charge in [-0.2, -0.15) is 0 Å². The van der Waals surface area contributed by atoms with Gasteiger partial charge in [-0.25, -0.2) is 4.68 Å². The molecule has 0 bridgehead atoms. The number of esters is 1. The molecule has 4 saturated heterocycles. The van der Waals surface area contributed by atoms with Crippen LogP contribution >= 0.6 is 0 Å². The van der Waals surface area contributed by atoms with Crippen LogP contribution in [0.4, 0.5) is 0 Å². The van der Waals surface area contributed by atoms with Gasteiger partial charge in [-0.15, -0.1) is 5.10 Å². The average Bonchev–Trinajstić information content (AvgIpc) is 3.73. The van der Waals surface area contributed by atoms with E-state index in [4.69, 9.17) is 33.2 Å². The number of carbonyl (C=O) groups excluding carboxylic acids is 2. The molecule has 0 aromatic carbocycles. The van der Waals surface area contributed by atoms with E-state index in [2.05, 4.69) is 10.3 Å². The molecule has 0 saturated carbocycles. The molecule has 4 aliphatic heterocycles. The molecule has 4 aliphatic rings. The van der Waals surface area contributed by atoms with Gasteiger partial charge in [0.2, 0.25) is 5.91 Å². The number of aliphatic hydroxyl groups excluding tert-OH is 3. The van der Waals surface area contributed by atoms with Crippen molar-refractivity contribution in [2.45, 2.75) is 198 Å². The Balaban J connectivity index is 1.44. The minimum atomic E-state index is -1.84. The van der Waals surface area contributed by atoms with Gasteiger partial charge in [0.1, 0.15) is 36.6 Å². The van der Waals surface area contributed by atoms with E-state index in [0.29, 0.717) is 57.9 Å². The van der Waals surface area contributed by atoms with Crippen LogP contribution in [0.5, 0.6) is 0 Å². The fraction of sp³-hybridized carbons (Fsp3) is 0.915. The highest BCUT2D eigenvalue weighted by Gasteiger charge is 2.53. The molecule has 1 amide bonds. The lowest BCUT2D eigenvalue weighted by Gasteiger charge is -2.49. The summed E-state index contributed by atoms with van der Waals surface area (Å²) < 4.78 is 45.1. The maximum Gasteiger partial charge on any atom is 0.311 e. The summed E-state index contributed by atoms with van der Waals surface area (Å²) in [5, 5.41) is 68.0. The number of rotatable bonds is 12. The van der Waals surface area contributed by atoms with E-state index in [1.165, 1.54) is 18.7 Å². The molecular formula is C47H84N6O14. The van der Waals surface area contributed by atoms with Gasteiger partial charge >= 0.3 is 5.97 Å². The molecule has 5 rings (SSSR count). The molecule has 0 spiro atoms. The third-order valence-corrected chi connectivity index (χ3v) is 15.1. The second kappa shape index (κ2) is 23.2. The second-order valence-corrected chi connectivity index (χ2v) is 20.8. The molecule has 4 fully saturated rings. The molecule has 18 atom stereocenters. The number of amides is 1. The van der Waals surface area contributed by atoms with E-state index in [1.807, 2.05) is 44.7 Å². The monoisotopic (exact) mass is 957 g/mol. The lowest BCUT2D eigenvalue weighted by molar-refractivity contribution is -0.318. The van der Waals surface area contributed by atoms with Gasteiger partial charge in [0, 0.05) is 70.3 Å². The van der Waals surface area contributed by atoms with Crippen molar-refractivity contribution in [2.75, 3.05) is 60.6 Å². The van der Waals surface area contributed by atoms with Gasteiger partial charge in [0.15, 0.2) is 12.6 Å². The van der Waals surface area contributed by atoms with Gasteiger partial charge in [-0.1, -0.05) is 26.0 Å². The largest absolute Gasteiger partial charge is 0.459 e. The van der Waals surface area contributed by atoms with Crippen molar-refractivity contribution >= 4 is 11.9 Å². The van der Waals surface area contributed by atoms with Crippen LogP contribution in [0.3, 0.4) is 0 Å². The Kier molecular flexibility index (Phi) is 19.2. The molecule has 67 heavy (non-hydrogen) atoms. The zero-order chi connectivity index (χ0) is 49.8. The molecule has 386 valence electrons. The van der Waals surface area contributed by atoms with E-state index < -0.39 is 102 Å². The van der Waals surface area contributed by atoms with Gasteiger partial charge in [0.25, 0.3) is 0 Å². The second-order valence-electron chi connectivity index (χ2n) is 20.8. The molecule has 20 nitrogen and oxygen atoms in total. The molecule has 20 heteroatoms. The smallest absolute Gasteiger partial charge is 0.311 e. The molecule has 0 radical (unpaired) electrons. The lowest BCUT2D eigenvalue weighted by atomic mass is 9.77. The Bertz CT molecular complexity index is 1730. The van der Waals surface area contributed by atoms with Crippen LogP contribution in [-0.2, 0) is 55.7 Å². The fourth-order valence-corrected chi connectivity index (χ4v) is 10.7. The number of carbonyl (C=O) groups is 2. The highest BCUT2D eigenvalue weighted by molar-refractivity contribution is 5.76. The van der Waals surface area contributed by atoms with Gasteiger partial charge in [-0.05, 0) is 87.7 Å². The third-order valence-electron chi connectivity index (χ3n) is 15.1. The first-order valence-electron chi connectivity index (χ1n) is 24.3. The minimum absolute atomic E-state index is 0.0489. The Morgan fingerprint density at radius 1 is 0.985 bits per heavy atom.